The Morgan fingerprint density at radius 2 is 1.82 bits per heavy atom. The molecule has 0 radical (unpaired) electrons. The summed E-state index contributed by atoms with van der Waals surface area (Å²) in [5, 5.41) is 10.1. The van der Waals surface area contributed by atoms with Crippen LogP contribution in [-0.4, -0.2) is 58.7 Å². The number of aromatic carboxylic acids is 1. The summed E-state index contributed by atoms with van der Waals surface area (Å²) in [4.78, 5) is 28.1. The number of carboxylic acid groups (broad SMARTS) is 1. The maximum Gasteiger partial charge on any atom is 0.410 e. The number of nitrogens with zero attached hydrogens (tertiary/aromatic N) is 2. The first-order valence-electron chi connectivity index (χ1n) is 9.64. The summed E-state index contributed by atoms with van der Waals surface area (Å²) in [7, 11) is 0. The van der Waals surface area contributed by atoms with Gasteiger partial charge in [-0.1, -0.05) is 12.1 Å². The number of fused-ring (bicyclic) bond motifs is 2. The molecule has 28 heavy (non-hydrogen) atoms. The Kier molecular flexibility index (Phi) is 4.83. The van der Waals surface area contributed by atoms with Crippen LogP contribution in [0.2, 0.25) is 0 Å². The van der Waals surface area contributed by atoms with Gasteiger partial charge in [0.2, 0.25) is 0 Å². The molecule has 1 amide bonds. The lowest BCUT2D eigenvalue weighted by Crippen LogP contribution is -2.37. The summed E-state index contributed by atoms with van der Waals surface area (Å²) in [6.45, 7) is 10.0. The van der Waals surface area contributed by atoms with Crippen molar-refractivity contribution in [3.63, 3.8) is 0 Å². The highest BCUT2D eigenvalue weighted by Gasteiger charge is 2.42. The molecule has 2 saturated heterocycles. The van der Waals surface area contributed by atoms with Crippen LogP contribution in [0.1, 0.15) is 36.0 Å². The van der Waals surface area contributed by atoms with E-state index in [2.05, 4.69) is 17.0 Å². The summed E-state index contributed by atoms with van der Waals surface area (Å²) in [6.07, 6.45) is -0.203. The van der Waals surface area contributed by atoms with Crippen molar-refractivity contribution in [3.8, 4) is 0 Å². The van der Waals surface area contributed by atoms with Crippen LogP contribution < -0.4 is 0 Å². The van der Waals surface area contributed by atoms with Crippen molar-refractivity contribution in [3.05, 3.63) is 34.7 Å². The Bertz CT molecular complexity index is 903. The van der Waals surface area contributed by atoms with Crippen LogP contribution in [0.25, 0.3) is 10.1 Å². The minimum Gasteiger partial charge on any atom is -0.477 e. The molecule has 1 aromatic carbocycles. The van der Waals surface area contributed by atoms with Crippen LogP contribution in [0.5, 0.6) is 0 Å². The fourth-order valence-electron chi connectivity index (χ4n) is 4.23. The number of carbonyl (C=O) groups excluding carboxylic acids is 1. The minimum absolute atomic E-state index is 0.203. The quantitative estimate of drug-likeness (QED) is 0.843. The van der Waals surface area contributed by atoms with E-state index in [4.69, 9.17) is 9.84 Å². The van der Waals surface area contributed by atoms with E-state index in [1.54, 1.807) is 6.07 Å². The highest BCUT2D eigenvalue weighted by molar-refractivity contribution is 7.20. The summed E-state index contributed by atoms with van der Waals surface area (Å²) in [5.74, 6) is 0.123. The maximum absolute atomic E-state index is 12.3. The third kappa shape index (κ3) is 4.00. The third-order valence-corrected chi connectivity index (χ3v) is 6.50. The third-order valence-electron chi connectivity index (χ3n) is 5.42. The van der Waals surface area contributed by atoms with Crippen molar-refractivity contribution in [2.45, 2.75) is 32.9 Å². The fraction of sp³-hybridized carbons (Fsp3) is 0.524. The molecule has 150 valence electrons. The average Bonchev–Trinajstić information content (AvgIpc) is 3.24. The van der Waals surface area contributed by atoms with Crippen LogP contribution in [0.15, 0.2) is 24.3 Å². The predicted octanol–water partition coefficient (Wildman–Crippen LogP) is 3.90. The van der Waals surface area contributed by atoms with Gasteiger partial charge in [-0.15, -0.1) is 11.3 Å². The van der Waals surface area contributed by atoms with Crippen LogP contribution in [0.4, 0.5) is 4.79 Å². The first-order chi connectivity index (χ1) is 13.2. The lowest BCUT2D eigenvalue weighted by molar-refractivity contribution is 0.0274. The number of amides is 1. The predicted molar refractivity (Wildman–Crippen MR) is 109 cm³/mol. The summed E-state index contributed by atoms with van der Waals surface area (Å²) >= 11 is 1.33. The second kappa shape index (κ2) is 7.04. The van der Waals surface area contributed by atoms with Crippen molar-refractivity contribution >= 4 is 33.5 Å². The molecular weight excluding hydrogens is 376 g/mol. The van der Waals surface area contributed by atoms with Gasteiger partial charge in [0.05, 0.1) is 0 Å². The molecule has 2 atom stereocenters. The van der Waals surface area contributed by atoms with Crippen molar-refractivity contribution in [2.24, 2.45) is 11.8 Å². The van der Waals surface area contributed by atoms with Crippen molar-refractivity contribution in [1.82, 2.24) is 9.80 Å². The van der Waals surface area contributed by atoms with E-state index in [1.165, 1.54) is 16.9 Å². The van der Waals surface area contributed by atoms with Crippen LogP contribution in [-0.2, 0) is 11.3 Å². The van der Waals surface area contributed by atoms with Crippen molar-refractivity contribution in [2.75, 3.05) is 26.2 Å². The van der Waals surface area contributed by atoms with Gasteiger partial charge in [-0.2, -0.15) is 0 Å². The number of thiophene rings is 1. The van der Waals surface area contributed by atoms with E-state index in [-0.39, 0.29) is 6.09 Å². The zero-order chi connectivity index (χ0) is 20.1. The molecule has 2 aliphatic rings. The Morgan fingerprint density at radius 3 is 2.43 bits per heavy atom. The Labute approximate surface area is 168 Å². The Morgan fingerprint density at radius 1 is 1.14 bits per heavy atom. The smallest absolute Gasteiger partial charge is 0.410 e. The van der Waals surface area contributed by atoms with Gasteiger partial charge in [-0.05, 0) is 55.7 Å². The Hall–Kier alpha value is -2.12. The van der Waals surface area contributed by atoms with Gasteiger partial charge in [0.15, 0.2) is 0 Å². The lowest BCUT2D eigenvalue weighted by Gasteiger charge is -2.26. The van der Waals surface area contributed by atoms with Crippen LogP contribution >= 0.6 is 11.3 Å². The topological polar surface area (TPSA) is 70.1 Å². The van der Waals surface area contributed by atoms with E-state index < -0.39 is 11.6 Å². The van der Waals surface area contributed by atoms with E-state index >= 15 is 0 Å². The zero-order valence-corrected chi connectivity index (χ0v) is 17.3. The molecule has 7 heteroatoms. The van der Waals surface area contributed by atoms with Crippen LogP contribution in [0, 0.1) is 11.8 Å². The minimum atomic E-state index is -0.871. The monoisotopic (exact) mass is 402 g/mol. The molecule has 0 saturated carbocycles. The molecule has 2 aromatic rings. The van der Waals surface area contributed by atoms with E-state index in [0.717, 1.165) is 42.8 Å². The van der Waals surface area contributed by atoms with E-state index in [0.29, 0.717) is 16.7 Å². The molecule has 2 aliphatic heterocycles. The first kappa shape index (κ1) is 19.2. The largest absolute Gasteiger partial charge is 0.477 e. The van der Waals surface area contributed by atoms with Crippen LogP contribution in [0.3, 0.4) is 0 Å². The van der Waals surface area contributed by atoms with Gasteiger partial charge in [-0.3, -0.25) is 4.90 Å². The lowest BCUT2D eigenvalue weighted by atomic mass is 10.0. The number of carbonyl (C=O) groups is 2. The summed E-state index contributed by atoms with van der Waals surface area (Å²) in [5.41, 5.74) is 0.747. The second-order valence-corrected chi connectivity index (χ2v) is 9.97. The maximum atomic E-state index is 12.3. The molecule has 3 heterocycles. The average molecular weight is 403 g/mol. The molecule has 1 aromatic heterocycles. The number of benzene rings is 1. The molecule has 6 nitrogen and oxygen atoms in total. The number of ether oxygens (including phenoxy) is 1. The van der Waals surface area contributed by atoms with Gasteiger partial charge in [0, 0.05) is 37.4 Å². The van der Waals surface area contributed by atoms with E-state index in [9.17, 15) is 9.59 Å². The van der Waals surface area contributed by atoms with Gasteiger partial charge in [0.25, 0.3) is 0 Å². The SMILES string of the molecule is CC(C)(C)OC(=O)N1C[C@H]2CN(Cc3ccc4cc(C(=O)O)sc4c3)C[C@H]2C1. The normalized spacial score (nSPS) is 22.6. The first-order valence-corrected chi connectivity index (χ1v) is 10.5. The highest BCUT2D eigenvalue weighted by atomic mass is 32.1. The molecule has 0 bridgehead atoms. The molecule has 4 rings (SSSR count). The summed E-state index contributed by atoms with van der Waals surface area (Å²) < 4.78 is 6.52. The molecule has 0 aliphatic carbocycles. The molecular formula is C21H26N2O4S. The number of hydrogen-bond acceptors (Lipinski definition) is 5. The van der Waals surface area contributed by atoms with Crippen molar-refractivity contribution < 1.29 is 19.4 Å². The van der Waals surface area contributed by atoms with Gasteiger partial charge >= 0.3 is 12.1 Å². The standard InChI is InChI=1S/C21H26N2O4S/c1-21(2,3)27-20(26)23-11-15-9-22(10-16(15)12-23)8-13-4-5-14-7-18(19(24)25)28-17(14)6-13/h4-7,15-16H,8-12H2,1-3H3,(H,24,25)/t15-,16+. The van der Waals surface area contributed by atoms with Gasteiger partial charge in [0.1, 0.15) is 10.5 Å². The number of likely N-dealkylation sites (tertiary alicyclic amines) is 2. The van der Waals surface area contributed by atoms with Crippen molar-refractivity contribution in [1.29, 1.82) is 0 Å². The molecule has 2 fully saturated rings. The molecule has 0 unspecified atom stereocenters. The van der Waals surface area contributed by atoms with Gasteiger partial charge in [-0.25, -0.2) is 9.59 Å². The molecule has 0 spiro atoms. The Balaban J connectivity index is 1.36. The number of rotatable bonds is 3. The zero-order valence-electron chi connectivity index (χ0n) is 16.5. The molecule has 1 N–H and O–H groups in total. The van der Waals surface area contributed by atoms with Gasteiger partial charge < -0.3 is 14.7 Å². The number of carboxylic acids is 1. The fourth-order valence-corrected chi connectivity index (χ4v) is 5.20. The number of hydrogen-bond donors (Lipinski definition) is 1. The highest BCUT2D eigenvalue weighted by Crippen LogP contribution is 2.33. The summed E-state index contributed by atoms with van der Waals surface area (Å²) in [6, 6.07) is 7.93. The van der Waals surface area contributed by atoms with E-state index in [1.807, 2.05) is 31.7 Å². The second-order valence-electron chi connectivity index (χ2n) is 8.89.